The SMILES string of the molecule is COc1ccc2c(c1)C(=O)c1c(NCCCOCCCO)ccc(NCCCOCCCO)c1C2=O. The van der Waals surface area contributed by atoms with Gasteiger partial charge in [0.25, 0.3) is 0 Å². The van der Waals surface area contributed by atoms with Gasteiger partial charge in [-0.05, 0) is 56.0 Å². The molecule has 0 radical (unpaired) electrons. The Morgan fingerprint density at radius 3 is 1.69 bits per heavy atom. The number of nitrogens with one attached hydrogen (secondary N) is 2. The van der Waals surface area contributed by atoms with Gasteiger partial charge in [-0.15, -0.1) is 0 Å². The summed E-state index contributed by atoms with van der Waals surface area (Å²) in [5.74, 6) is 0.0829. The standard InChI is InChI=1S/C27H36N2O7/c1-34-19-6-7-20-21(18-19)27(33)25-23(29-11-3-15-36-17-5-13-31)9-8-22(24(25)26(20)32)28-10-2-14-35-16-4-12-30/h6-9,18,28-31H,2-5,10-17H2,1H3. The number of anilines is 2. The number of hydrogen-bond donors (Lipinski definition) is 4. The van der Waals surface area contributed by atoms with Crippen molar-refractivity contribution in [3.8, 4) is 5.75 Å². The number of ketones is 2. The number of benzene rings is 2. The van der Waals surface area contributed by atoms with Gasteiger partial charge >= 0.3 is 0 Å². The van der Waals surface area contributed by atoms with E-state index in [4.69, 9.17) is 24.4 Å². The molecule has 0 saturated carbocycles. The lowest BCUT2D eigenvalue weighted by atomic mass is 9.82. The topological polar surface area (TPSA) is 126 Å². The van der Waals surface area contributed by atoms with Crippen molar-refractivity contribution in [2.24, 2.45) is 0 Å². The van der Waals surface area contributed by atoms with E-state index in [1.165, 1.54) is 7.11 Å². The van der Waals surface area contributed by atoms with Gasteiger partial charge in [0.2, 0.25) is 0 Å². The van der Waals surface area contributed by atoms with Gasteiger partial charge in [0.15, 0.2) is 11.6 Å². The molecule has 0 saturated heterocycles. The van der Waals surface area contributed by atoms with Crippen molar-refractivity contribution in [1.82, 2.24) is 0 Å². The van der Waals surface area contributed by atoms with Crippen molar-refractivity contribution in [3.05, 3.63) is 52.6 Å². The summed E-state index contributed by atoms with van der Waals surface area (Å²) in [7, 11) is 1.52. The Hall–Kier alpha value is -2.98. The van der Waals surface area contributed by atoms with Crippen LogP contribution in [0.4, 0.5) is 11.4 Å². The number of hydrogen-bond acceptors (Lipinski definition) is 9. The highest BCUT2D eigenvalue weighted by Gasteiger charge is 2.34. The predicted molar refractivity (Wildman–Crippen MR) is 138 cm³/mol. The Kier molecular flexibility index (Phi) is 11.2. The van der Waals surface area contributed by atoms with Crippen molar-refractivity contribution in [3.63, 3.8) is 0 Å². The molecule has 196 valence electrons. The maximum atomic E-state index is 13.6. The monoisotopic (exact) mass is 500 g/mol. The lowest BCUT2D eigenvalue weighted by Crippen LogP contribution is -2.25. The van der Waals surface area contributed by atoms with Crippen LogP contribution in [0.5, 0.6) is 5.75 Å². The largest absolute Gasteiger partial charge is 0.497 e. The zero-order valence-corrected chi connectivity index (χ0v) is 20.8. The van der Waals surface area contributed by atoms with Crippen LogP contribution >= 0.6 is 0 Å². The summed E-state index contributed by atoms with van der Waals surface area (Å²) in [5, 5.41) is 24.3. The molecule has 0 aromatic heterocycles. The highest BCUT2D eigenvalue weighted by atomic mass is 16.5. The molecular formula is C27H36N2O7. The maximum absolute atomic E-state index is 13.6. The average Bonchev–Trinajstić information content (AvgIpc) is 2.90. The van der Waals surface area contributed by atoms with E-state index in [9.17, 15) is 9.59 Å². The van der Waals surface area contributed by atoms with E-state index < -0.39 is 0 Å². The lowest BCUT2D eigenvalue weighted by Gasteiger charge is -2.24. The van der Waals surface area contributed by atoms with E-state index >= 15 is 0 Å². The fraction of sp³-hybridized carbons (Fsp3) is 0.481. The number of methoxy groups -OCH3 is 1. The fourth-order valence-electron chi connectivity index (χ4n) is 4.01. The molecule has 9 nitrogen and oxygen atoms in total. The van der Waals surface area contributed by atoms with E-state index in [1.807, 2.05) is 12.1 Å². The van der Waals surface area contributed by atoms with Crippen LogP contribution in [-0.4, -0.2) is 81.6 Å². The van der Waals surface area contributed by atoms with E-state index in [0.717, 1.165) is 0 Å². The summed E-state index contributed by atoms with van der Waals surface area (Å²) in [6.45, 7) is 3.41. The van der Waals surface area contributed by atoms with Crippen LogP contribution in [0.2, 0.25) is 0 Å². The Morgan fingerprint density at radius 1 is 0.694 bits per heavy atom. The molecule has 0 spiro atoms. The van der Waals surface area contributed by atoms with Crippen LogP contribution < -0.4 is 15.4 Å². The normalized spacial score (nSPS) is 12.3. The van der Waals surface area contributed by atoms with Gasteiger partial charge in [-0.2, -0.15) is 0 Å². The fourth-order valence-corrected chi connectivity index (χ4v) is 4.01. The van der Waals surface area contributed by atoms with Crippen molar-refractivity contribution < 1.29 is 34.0 Å². The minimum atomic E-state index is -0.226. The first-order valence-corrected chi connectivity index (χ1v) is 12.4. The summed E-state index contributed by atoms with van der Waals surface area (Å²) in [6.07, 6.45) is 2.63. The zero-order chi connectivity index (χ0) is 25.8. The van der Waals surface area contributed by atoms with Crippen LogP contribution in [0.25, 0.3) is 0 Å². The number of ether oxygens (including phenoxy) is 3. The molecular weight excluding hydrogens is 464 g/mol. The summed E-state index contributed by atoms with van der Waals surface area (Å²) in [4.78, 5) is 27.2. The van der Waals surface area contributed by atoms with E-state index in [0.29, 0.717) is 105 Å². The van der Waals surface area contributed by atoms with Crippen molar-refractivity contribution >= 4 is 22.9 Å². The number of carbonyl (C=O) groups is 2. The van der Waals surface area contributed by atoms with Gasteiger partial charge in [-0.3, -0.25) is 9.59 Å². The van der Waals surface area contributed by atoms with Gasteiger partial charge in [-0.25, -0.2) is 0 Å². The number of rotatable bonds is 17. The maximum Gasteiger partial charge on any atom is 0.196 e. The first kappa shape index (κ1) is 27.6. The van der Waals surface area contributed by atoms with Gasteiger partial charge in [0.05, 0.1) is 18.2 Å². The zero-order valence-electron chi connectivity index (χ0n) is 20.8. The Morgan fingerprint density at radius 2 is 1.19 bits per heavy atom. The molecule has 0 atom stereocenters. The second kappa shape index (κ2) is 14.5. The molecule has 36 heavy (non-hydrogen) atoms. The average molecular weight is 501 g/mol. The number of aliphatic hydroxyl groups excluding tert-OH is 2. The molecule has 0 aliphatic heterocycles. The molecule has 9 heteroatoms. The summed E-state index contributed by atoms with van der Waals surface area (Å²) < 4.78 is 16.2. The molecule has 0 bridgehead atoms. The molecule has 0 fully saturated rings. The smallest absolute Gasteiger partial charge is 0.196 e. The minimum Gasteiger partial charge on any atom is -0.497 e. The van der Waals surface area contributed by atoms with Crippen LogP contribution in [0.1, 0.15) is 57.5 Å². The molecule has 0 unspecified atom stereocenters. The van der Waals surface area contributed by atoms with E-state index in [-0.39, 0.29) is 24.8 Å². The molecule has 1 aliphatic carbocycles. The summed E-state index contributed by atoms with van der Waals surface area (Å²) in [6, 6.07) is 8.58. The molecule has 0 heterocycles. The third-order valence-electron chi connectivity index (χ3n) is 5.83. The minimum absolute atomic E-state index is 0.101. The van der Waals surface area contributed by atoms with Gasteiger partial charge in [-0.1, -0.05) is 0 Å². The van der Waals surface area contributed by atoms with Gasteiger partial charge < -0.3 is 35.1 Å². The molecule has 3 rings (SSSR count). The van der Waals surface area contributed by atoms with E-state index in [1.54, 1.807) is 18.2 Å². The lowest BCUT2D eigenvalue weighted by molar-refractivity contribution is 0.0980. The number of aliphatic hydroxyl groups is 2. The third kappa shape index (κ3) is 7.04. The highest BCUT2D eigenvalue weighted by Crippen LogP contribution is 2.37. The van der Waals surface area contributed by atoms with Crippen LogP contribution in [0, 0.1) is 0 Å². The Labute approximate surface area is 211 Å². The van der Waals surface area contributed by atoms with Crippen LogP contribution in [-0.2, 0) is 9.47 Å². The first-order chi connectivity index (χ1) is 17.6. The highest BCUT2D eigenvalue weighted by molar-refractivity contribution is 6.32. The molecule has 1 aliphatic rings. The molecule has 0 amide bonds. The van der Waals surface area contributed by atoms with Crippen molar-refractivity contribution in [1.29, 1.82) is 0 Å². The summed E-state index contributed by atoms with van der Waals surface area (Å²) >= 11 is 0. The quantitative estimate of drug-likeness (QED) is 0.207. The molecule has 2 aromatic rings. The van der Waals surface area contributed by atoms with Crippen LogP contribution in [0.3, 0.4) is 0 Å². The second-order valence-corrected chi connectivity index (χ2v) is 8.42. The van der Waals surface area contributed by atoms with Gasteiger partial charge in [0.1, 0.15) is 5.75 Å². The van der Waals surface area contributed by atoms with Gasteiger partial charge in [0, 0.05) is 75.2 Å². The predicted octanol–water partition coefficient (Wildman–Crippen LogP) is 2.87. The third-order valence-corrected chi connectivity index (χ3v) is 5.83. The molecule has 2 aromatic carbocycles. The summed E-state index contributed by atoms with van der Waals surface area (Å²) in [5.41, 5.74) is 2.62. The first-order valence-electron chi connectivity index (χ1n) is 12.4. The van der Waals surface area contributed by atoms with Crippen molar-refractivity contribution in [2.75, 3.05) is 70.5 Å². The van der Waals surface area contributed by atoms with Crippen LogP contribution in [0.15, 0.2) is 30.3 Å². The Balaban J connectivity index is 1.78. The van der Waals surface area contributed by atoms with E-state index in [2.05, 4.69) is 10.6 Å². The number of carbonyl (C=O) groups excluding carboxylic acids is 2. The number of fused-ring (bicyclic) bond motifs is 2. The molecule has 4 N–H and O–H groups in total. The Bertz CT molecular complexity index is 1030. The second-order valence-electron chi connectivity index (χ2n) is 8.42. The van der Waals surface area contributed by atoms with Crippen molar-refractivity contribution in [2.45, 2.75) is 25.7 Å².